The van der Waals surface area contributed by atoms with E-state index in [-0.39, 0.29) is 18.1 Å². The van der Waals surface area contributed by atoms with Gasteiger partial charge in [0.15, 0.2) is 11.5 Å². The number of nitrogens with zero attached hydrogens (tertiary/aromatic N) is 1. The highest BCUT2D eigenvalue weighted by Crippen LogP contribution is 2.45. The summed E-state index contributed by atoms with van der Waals surface area (Å²) in [6.07, 6.45) is 1.91. The highest BCUT2D eigenvalue weighted by molar-refractivity contribution is 6.15. The summed E-state index contributed by atoms with van der Waals surface area (Å²) in [5, 5.41) is 10.2. The average Bonchev–Trinajstić information content (AvgIpc) is 2.72. The van der Waals surface area contributed by atoms with Crippen molar-refractivity contribution in [3.8, 4) is 11.5 Å². The molecule has 0 spiro atoms. The Morgan fingerprint density at radius 1 is 1.24 bits per heavy atom. The summed E-state index contributed by atoms with van der Waals surface area (Å²) in [6.45, 7) is 2.49. The van der Waals surface area contributed by atoms with Gasteiger partial charge in [-0.25, -0.2) is 0 Å². The van der Waals surface area contributed by atoms with Crippen LogP contribution in [0.4, 0.5) is 0 Å². The van der Waals surface area contributed by atoms with Crippen LogP contribution in [0.25, 0.3) is 0 Å². The maximum atomic E-state index is 11.7. The average molecular weight is 394 g/mol. The Hall–Kier alpha value is -2.86. The molecule has 0 saturated heterocycles. The van der Waals surface area contributed by atoms with Crippen LogP contribution in [0.3, 0.4) is 0 Å². The zero-order chi connectivity index (χ0) is 20.5. The first-order valence-corrected chi connectivity index (χ1v) is 10.0. The van der Waals surface area contributed by atoms with E-state index in [9.17, 15) is 9.90 Å². The molecule has 3 unspecified atom stereocenters. The third-order valence-electron chi connectivity index (χ3n) is 5.79. The molecule has 0 bridgehead atoms. The number of ether oxygens (including phenoxy) is 2. The molecule has 0 radical (unpaired) electrons. The molecule has 1 fully saturated rings. The van der Waals surface area contributed by atoms with Crippen molar-refractivity contribution in [3.05, 3.63) is 58.7 Å². The van der Waals surface area contributed by atoms with Gasteiger partial charge in [0.1, 0.15) is 0 Å². The summed E-state index contributed by atoms with van der Waals surface area (Å²) in [7, 11) is 1.62. The number of primary amides is 1. The topological polar surface area (TPSA) is 94.1 Å². The minimum atomic E-state index is -0.473. The first-order valence-electron chi connectivity index (χ1n) is 10.0. The number of hydrogen-bond acceptors (Lipinski definition) is 5. The Morgan fingerprint density at radius 2 is 2.07 bits per heavy atom. The second kappa shape index (κ2) is 7.87. The summed E-state index contributed by atoms with van der Waals surface area (Å²) in [4.78, 5) is 16.7. The molecule has 1 aliphatic carbocycles. The SMILES string of the molecule is CCOc1cc2c(cc1OC)C(c1cccc(C(N)=O)c1)=NC1CC(O)CCC21. The highest BCUT2D eigenvalue weighted by atomic mass is 16.5. The molecule has 152 valence electrons. The molecule has 1 heterocycles. The van der Waals surface area contributed by atoms with E-state index >= 15 is 0 Å². The molecular weight excluding hydrogens is 368 g/mol. The standard InChI is InChI=1S/C23H26N2O4/c1-3-29-21-11-17-16-8-7-15(26)10-19(16)25-22(18(17)12-20(21)28-2)13-5-4-6-14(9-13)23(24)27/h4-6,9,11-12,15-16,19,26H,3,7-8,10H2,1-2H3,(H2,24,27). The third-order valence-corrected chi connectivity index (χ3v) is 5.79. The molecule has 0 aromatic heterocycles. The molecule has 4 rings (SSSR count). The molecule has 2 aliphatic rings. The van der Waals surface area contributed by atoms with E-state index in [4.69, 9.17) is 20.2 Å². The Bertz CT molecular complexity index is 969. The lowest BCUT2D eigenvalue weighted by Gasteiger charge is -2.37. The van der Waals surface area contributed by atoms with E-state index in [1.54, 1.807) is 19.2 Å². The summed E-state index contributed by atoms with van der Waals surface area (Å²) in [6, 6.07) is 11.2. The van der Waals surface area contributed by atoms with Crippen LogP contribution in [-0.4, -0.2) is 42.6 Å². The van der Waals surface area contributed by atoms with Gasteiger partial charge in [-0.2, -0.15) is 0 Å². The van der Waals surface area contributed by atoms with Crippen molar-refractivity contribution >= 4 is 11.6 Å². The van der Waals surface area contributed by atoms with Crippen LogP contribution in [0.5, 0.6) is 11.5 Å². The van der Waals surface area contributed by atoms with Gasteiger partial charge in [0.2, 0.25) is 5.91 Å². The second-order valence-corrected chi connectivity index (χ2v) is 7.59. The minimum absolute atomic E-state index is 0.0126. The van der Waals surface area contributed by atoms with E-state index in [2.05, 4.69) is 6.07 Å². The fraction of sp³-hybridized carbons (Fsp3) is 0.391. The van der Waals surface area contributed by atoms with E-state index in [0.717, 1.165) is 35.2 Å². The lowest BCUT2D eigenvalue weighted by Crippen LogP contribution is -2.34. The van der Waals surface area contributed by atoms with Gasteiger partial charge in [-0.3, -0.25) is 9.79 Å². The summed E-state index contributed by atoms with van der Waals surface area (Å²) < 4.78 is 11.4. The number of fused-ring (bicyclic) bond motifs is 3. The zero-order valence-electron chi connectivity index (χ0n) is 16.7. The van der Waals surface area contributed by atoms with Crippen LogP contribution in [0.1, 0.15) is 59.2 Å². The molecule has 3 atom stereocenters. The maximum absolute atomic E-state index is 11.7. The number of benzene rings is 2. The number of amides is 1. The molecule has 1 amide bonds. The van der Waals surface area contributed by atoms with Crippen LogP contribution in [0, 0.1) is 0 Å². The van der Waals surface area contributed by atoms with Gasteiger partial charge >= 0.3 is 0 Å². The van der Waals surface area contributed by atoms with Crippen LogP contribution < -0.4 is 15.2 Å². The van der Waals surface area contributed by atoms with Crippen LogP contribution in [0.15, 0.2) is 41.4 Å². The van der Waals surface area contributed by atoms with Gasteiger partial charge in [0.25, 0.3) is 0 Å². The monoisotopic (exact) mass is 394 g/mol. The molecule has 3 N–H and O–H groups in total. The van der Waals surface area contributed by atoms with Gasteiger partial charge in [-0.15, -0.1) is 0 Å². The number of aliphatic hydroxyl groups is 1. The smallest absolute Gasteiger partial charge is 0.248 e. The number of methoxy groups -OCH3 is 1. The Morgan fingerprint density at radius 3 is 2.79 bits per heavy atom. The number of carbonyl (C=O) groups excluding carboxylic acids is 1. The van der Waals surface area contributed by atoms with Crippen LogP contribution in [-0.2, 0) is 0 Å². The van der Waals surface area contributed by atoms with Crippen molar-refractivity contribution in [2.45, 2.75) is 44.2 Å². The highest BCUT2D eigenvalue weighted by Gasteiger charge is 2.37. The normalized spacial score (nSPS) is 22.9. The molecule has 6 heteroatoms. The van der Waals surface area contributed by atoms with Crippen molar-refractivity contribution in [1.82, 2.24) is 0 Å². The fourth-order valence-corrected chi connectivity index (χ4v) is 4.43. The van der Waals surface area contributed by atoms with Crippen molar-refractivity contribution in [3.63, 3.8) is 0 Å². The lowest BCUT2D eigenvalue weighted by molar-refractivity contribution is 0.1000. The van der Waals surface area contributed by atoms with Crippen molar-refractivity contribution in [2.75, 3.05) is 13.7 Å². The Kier molecular flexibility index (Phi) is 5.28. The lowest BCUT2D eigenvalue weighted by atomic mass is 9.74. The van der Waals surface area contributed by atoms with Crippen molar-refractivity contribution < 1.29 is 19.4 Å². The predicted octanol–water partition coefficient (Wildman–Crippen LogP) is 3.04. The van der Waals surface area contributed by atoms with Crippen LogP contribution in [0.2, 0.25) is 0 Å². The number of aliphatic imine (C=N–C) groups is 1. The van der Waals surface area contributed by atoms with Crippen molar-refractivity contribution in [2.24, 2.45) is 10.7 Å². The largest absolute Gasteiger partial charge is 0.493 e. The second-order valence-electron chi connectivity index (χ2n) is 7.59. The van der Waals surface area contributed by atoms with Gasteiger partial charge in [0.05, 0.1) is 31.6 Å². The number of aliphatic hydroxyl groups excluding tert-OH is 1. The molecule has 1 aliphatic heterocycles. The zero-order valence-corrected chi connectivity index (χ0v) is 16.7. The third kappa shape index (κ3) is 3.60. The Balaban J connectivity index is 1.89. The molecule has 29 heavy (non-hydrogen) atoms. The van der Waals surface area contributed by atoms with E-state index in [1.807, 2.05) is 25.1 Å². The van der Waals surface area contributed by atoms with Crippen LogP contribution >= 0.6 is 0 Å². The molecule has 2 aromatic carbocycles. The first-order chi connectivity index (χ1) is 14.0. The maximum Gasteiger partial charge on any atom is 0.248 e. The predicted molar refractivity (Wildman–Crippen MR) is 111 cm³/mol. The van der Waals surface area contributed by atoms with Gasteiger partial charge in [-0.05, 0) is 56.0 Å². The van der Waals surface area contributed by atoms with E-state index in [1.165, 1.54) is 0 Å². The number of nitrogens with two attached hydrogens (primary N) is 1. The number of carbonyl (C=O) groups is 1. The summed E-state index contributed by atoms with van der Waals surface area (Å²) in [5.74, 6) is 1.12. The molecule has 2 aromatic rings. The van der Waals surface area contributed by atoms with E-state index < -0.39 is 5.91 Å². The van der Waals surface area contributed by atoms with Gasteiger partial charge in [0, 0.05) is 22.6 Å². The summed E-state index contributed by atoms with van der Waals surface area (Å²) in [5.41, 5.74) is 9.67. The molecule has 1 saturated carbocycles. The summed E-state index contributed by atoms with van der Waals surface area (Å²) >= 11 is 0. The minimum Gasteiger partial charge on any atom is -0.493 e. The Labute approximate surface area is 170 Å². The quantitative estimate of drug-likeness (QED) is 0.815. The number of rotatable bonds is 5. The first kappa shape index (κ1) is 19.5. The molecular formula is C23H26N2O4. The van der Waals surface area contributed by atoms with Gasteiger partial charge in [-0.1, -0.05) is 12.1 Å². The van der Waals surface area contributed by atoms with E-state index in [0.29, 0.717) is 30.1 Å². The fourth-order valence-electron chi connectivity index (χ4n) is 4.43. The number of hydrogen-bond donors (Lipinski definition) is 2. The van der Waals surface area contributed by atoms with Crippen molar-refractivity contribution in [1.29, 1.82) is 0 Å². The van der Waals surface area contributed by atoms with Gasteiger partial charge < -0.3 is 20.3 Å². The molecule has 6 nitrogen and oxygen atoms in total.